The number of nitrogens with zero attached hydrogens (tertiary/aromatic N) is 10. The van der Waals surface area contributed by atoms with Gasteiger partial charge in [-0.1, -0.05) is 105 Å². The summed E-state index contributed by atoms with van der Waals surface area (Å²) < 4.78 is 9.30. The molecule has 14 heteroatoms. The Labute approximate surface area is 339 Å². The van der Waals surface area contributed by atoms with Crippen molar-refractivity contribution in [3.63, 3.8) is 0 Å². The zero-order valence-corrected chi connectivity index (χ0v) is 33.9. The molecule has 0 radical (unpaired) electrons. The Kier molecular flexibility index (Phi) is 10.2. The molecule has 0 saturated carbocycles. The molecule has 4 aromatic carbocycles. The van der Waals surface area contributed by atoms with Crippen LogP contribution in [0.25, 0.3) is 33.4 Å². The van der Waals surface area contributed by atoms with Crippen LogP contribution in [0.1, 0.15) is 49.7 Å². The van der Waals surface area contributed by atoms with Crippen molar-refractivity contribution in [2.45, 2.75) is 51.6 Å². The average molecular weight is 877 g/mol. The van der Waals surface area contributed by atoms with Crippen molar-refractivity contribution in [2.24, 2.45) is 0 Å². The van der Waals surface area contributed by atoms with Gasteiger partial charge in [-0.3, -0.25) is 18.7 Å². The molecule has 12 nitrogen and oxygen atoms in total. The van der Waals surface area contributed by atoms with E-state index in [1.54, 1.807) is 9.13 Å². The highest BCUT2D eigenvalue weighted by molar-refractivity contribution is 9.10. The number of fused-ring (bicyclic) bond motifs is 6. The Bertz CT molecular complexity index is 2800. The lowest BCUT2D eigenvalue weighted by Gasteiger charge is -2.21. The lowest BCUT2D eigenvalue weighted by Crippen LogP contribution is -2.28. The Hall–Kier alpha value is -5.34. The second kappa shape index (κ2) is 15.7. The zero-order chi connectivity index (χ0) is 38.2. The smallest absolute Gasteiger partial charge is 0.263 e. The van der Waals surface area contributed by atoms with Crippen molar-refractivity contribution in [1.29, 1.82) is 0 Å². The molecule has 0 spiro atoms. The Balaban J connectivity index is 0.000000147. The van der Waals surface area contributed by atoms with Gasteiger partial charge in [-0.15, -0.1) is 20.4 Å². The van der Waals surface area contributed by atoms with Crippen molar-refractivity contribution in [1.82, 2.24) is 38.3 Å². The Morgan fingerprint density at radius 2 is 0.875 bits per heavy atom. The van der Waals surface area contributed by atoms with Crippen molar-refractivity contribution in [2.75, 3.05) is 36.0 Å². The molecule has 10 rings (SSSR count). The van der Waals surface area contributed by atoms with Gasteiger partial charge in [0.15, 0.2) is 0 Å². The summed E-state index contributed by atoms with van der Waals surface area (Å²) in [6.07, 6.45) is 7.12. The monoisotopic (exact) mass is 874 g/mol. The fourth-order valence-electron chi connectivity index (χ4n) is 7.95. The van der Waals surface area contributed by atoms with Gasteiger partial charge in [0.2, 0.25) is 23.5 Å². The van der Waals surface area contributed by atoms with E-state index in [0.717, 1.165) is 94.9 Å². The van der Waals surface area contributed by atoms with Crippen molar-refractivity contribution >= 4 is 77.1 Å². The van der Waals surface area contributed by atoms with E-state index in [-0.39, 0.29) is 11.1 Å². The van der Waals surface area contributed by atoms with E-state index in [9.17, 15) is 9.59 Å². The topological polar surface area (TPSA) is 111 Å². The van der Waals surface area contributed by atoms with Crippen molar-refractivity contribution in [3.8, 4) is 0 Å². The molecule has 0 N–H and O–H groups in total. The standard InChI is InChI=1S/C22H22BrN5O.C20H18BrN5O/c23-17-10-11-19-18(14-17)20(29)27(15-16-8-4-3-5-9-16)22-25-24-21(28(19)22)26-12-6-1-2-7-13-26;21-15-8-9-17-16(12-15)18(27)25(13-14-6-2-1-3-7-14)20-23-22-19(26(17)20)24-10-4-5-11-24/h3-5,8-11,14H,1-2,6-7,12-13,15H2;1-3,6-9,12H,4-5,10-11,13H2. The zero-order valence-electron chi connectivity index (χ0n) is 30.8. The summed E-state index contributed by atoms with van der Waals surface area (Å²) in [6.45, 7) is 4.80. The van der Waals surface area contributed by atoms with Crippen LogP contribution in [0.3, 0.4) is 0 Å². The molecule has 2 aliphatic rings. The van der Waals surface area contributed by atoms with Crippen LogP contribution >= 0.6 is 31.9 Å². The molecule has 8 aromatic rings. The van der Waals surface area contributed by atoms with E-state index in [1.165, 1.54) is 12.8 Å². The minimum absolute atomic E-state index is 0.0486. The minimum atomic E-state index is -0.0528. The first kappa shape index (κ1) is 36.3. The highest BCUT2D eigenvalue weighted by atomic mass is 79.9. The molecule has 2 saturated heterocycles. The fraction of sp³-hybridized carbons (Fsp3) is 0.286. The second-order valence-corrected chi connectivity index (χ2v) is 16.3. The van der Waals surface area contributed by atoms with Gasteiger partial charge < -0.3 is 9.80 Å². The fourth-order valence-corrected chi connectivity index (χ4v) is 8.67. The molecule has 0 atom stereocenters. The number of halogens is 2. The molecule has 0 bridgehead atoms. The predicted molar refractivity (Wildman–Crippen MR) is 228 cm³/mol. The summed E-state index contributed by atoms with van der Waals surface area (Å²) in [6, 6.07) is 31.6. The van der Waals surface area contributed by atoms with Crippen molar-refractivity contribution in [3.05, 3.63) is 138 Å². The predicted octanol–water partition coefficient (Wildman–Crippen LogP) is 7.69. The van der Waals surface area contributed by atoms with E-state index >= 15 is 0 Å². The van der Waals surface area contributed by atoms with Crippen molar-refractivity contribution < 1.29 is 0 Å². The number of rotatable bonds is 6. The maximum atomic E-state index is 13.4. The lowest BCUT2D eigenvalue weighted by molar-refractivity contribution is 0.726. The molecule has 0 aliphatic carbocycles. The largest absolute Gasteiger partial charge is 0.341 e. The molecule has 4 aromatic heterocycles. The second-order valence-electron chi connectivity index (χ2n) is 14.4. The molecule has 284 valence electrons. The summed E-state index contributed by atoms with van der Waals surface area (Å²) >= 11 is 7.02. The molecule has 0 unspecified atom stereocenters. The van der Waals surface area contributed by atoms with E-state index in [2.05, 4.69) is 66.5 Å². The number of anilines is 2. The molecular formula is C42H40Br2N10O2. The van der Waals surface area contributed by atoms with Gasteiger partial charge in [0.1, 0.15) is 0 Å². The number of hydrogen-bond acceptors (Lipinski definition) is 8. The highest BCUT2D eigenvalue weighted by Crippen LogP contribution is 2.27. The highest BCUT2D eigenvalue weighted by Gasteiger charge is 2.24. The third kappa shape index (κ3) is 6.89. The number of aromatic nitrogens is 8. The van der Waals surface area contributed by atoms with Gasteiger partial charge in [-0.2, -0.15) is 0 Å². The first-order valence-electron chi connectivity index (χ1n) is 19.2. The van der Waals surface area contributed by atoms with E-state index < -0.39 is 0 Å². The molecule has 0 amide bonds. The summed E-state index contributed by atoms with van der Waals surface area (Å²) in [4.78, 5) is 31.2. The molecule has 6 heterocycles. The molecular weight excluding hydrogens is 836 g/mol. The lowest BCUT2D eigenvalue weighted by atomic mass is 10.2. The van der Waals surface area contributed by atoms with Gasteiger partial charge in [0, 0.05) is 35.1 Å². The summed E-state index contributed by atoms with van der Waals surface area (Å²) in [5.74, 6) is 2.82. The normalized spacial score (nSPS) is 14.8. The van der Waals surface area contributed by atoms with Gasteiger partial charge >= 0.3 is 0 Å². The van der Waals surface area contributed by atoms with Crippen LogP contribution in [0.5, 0.6) is 0 Å². The van der Waals surface area contributed by atoms with Crippen LogP contribution in [0.2, 0.25) is 0 Å². The van der Waals surface area contributed by atoms with E-state index in [1.807, 2.05) is 101 Å². The minimum Gasteiger partial charge on any atom is -0.341 e. The van der Waals surface area contributed by atoms with Crippen LogP contribution in [0.15, 0.2) is 116 Å². The summed E-state index contributed by atoms with van der Waals surface area (Å²) in [5.41, 5.74) is 3.71. The van der Waals surface area contributed by atoms with E-state index in [4.69, 9.17) is 0 Å². The number of hydrogen-bond donors (Lipinski definition) is 0. The van der Waals surface area contributed by atoms with Gasteiger partial charge in [-0.25, -0.2) is 8.80 Å². The van der Waals surface area contributed by atoms with Gasteiger partial charge in [-0.05, 0) is 73.2 Å². The van der Waals surface area contributed by atoms with Gasteiger partial charge in [0.25, 0.3) is 11.1 Å². The molecule has 2 fully saturated rings. The van der Waals surface area contributed by atoms with E-state index in [0.29, 0.717) is 35.4 Å². The van der Waals surface area contributed by atoms with Crippen LogP contribution < -0.4 is 20.9 Å². The quantitative estimate of drug-likeness (QED) is 0.167. The first-order valence-corrected chi connectivity index (χ1v) is 20.8. The first-order chi connectivity index (χ1) is 27.4. The summed E-state index contributed by atoms with van der Waals surface area (Å²) in [5, 5.41) is 19.2. The third-order valence-electron chi connectivity index (χ3n) is 10.7. The Morgan fingerprint density at radius 1 is 0.482 bits per heavy atom. The Morgan fingerprint density at radius 3 is 1.29 bits per heavy atom. The average Bonchev–Trinajstić information content (AvgIpc) is 3.97. The number of benzene rings is 4. The third-order valence-corrected chi connectivity index (χ3v) is 11.7. The summed E-state index contributed by atoms with van der Waals surface area (Å²) in [7, 11) is 0. The SMILES string of the molecule is O=c1c2cc(Br)ccc2n2c(N3CCCC3)nnc2n1Cc1ccccc1.O=c1c2cc(Br)ccc2n2c(N3CCCCCC3)nnc2n1Cc1ccccc1. The van der Waals surface area contributed by atoms with Crippen LogP contribution in [-0.4, -0.2) is 64.5 Å². The molecule has 2 aliphatic heterocycles. The maximum Gasteiger partial charge on any atom is 0.263 e. The van der Waals surface area contributed by atoms with Crippen LogP contribution in [-0.2, 0) is 13.1 Å². The maximum absolute atomic E-state index is 13.4. The van der Waals surface area contributed by atoms with Crippen LogP contribution in [0, 0.1) is 0 Å². The van der Waals surface area contributed by atoms with Gasteiger partial charge in [0.05, 0.1) is 34.9 Å². The van der Waals surface area contributed by atoms with Crippen LogP contribution in [0.4, 0.5) is 11.9 Å². The molecule has 56 heavy (non-hydrogen) atoms.